The third-order valence-electron chi connectivity index (χ3n) is 14.5. The van der Waals surface area contributed by atoms with Crippen LogP contribution in [0.1, 0.15) is 122 Å². The van der Waals surface area contributed by atoms with Crippen LogP contribution in [0.3, 0.4) is 0 Å². The summed E-state index contributed by atoms with van der Waals surface area (Å²) in [6.45, 7) is 5.93. The average Bonchev–Trinajstić information content (AvgIpc) is 3.74. The predicted molar refractivity (Wildman–Crippen MR) is 213 cm³/mol. The van der Waals surface area contributed by atoms with Gasteiger partial charge in [-0.1, -0.05) is 86.1 Å². The molecule has 2 fully saturated rings. The van der Waals surface area contributed by atoms with Crippen LogP contribution >= 0.6 is 0 Å². The van der Waals surface area contributed by atoms with Gasteiger partial charge in [0.15, 0.2) is 0 Å². The zero-order valence-electron chi connectivity index (χ0n) is 31.3. The van der Waals surface area contributed by atoms with Crippen LogP contribution < -0.4 is 10.6 Å². The van der Waals surface area contributed by atoms with Crippen LogP contribution in [-0.2, 0) is 0 Å². The highest BCUT2D eigenvalue weighted by molar-refractivity contribution is 5.58. The molecule has 2 heteroatoms. The van der Waals surface area contributed by atoms with Gasteiger partial charge in [0.25, 0.3) is 0 Å². The van der Waals surface area contributed by atoms with Crippen LogP contribution in [0.5, 0.6) is 0 Å². The molecule has 1 aliphatic heterocycles. The smallest absolute Gasteiger partial charge is 0.0256 e. The summed E-state index contributed by atoms with van der Waals surface area (Å²) in [5.41, 5.74) is 11.4. The van der Waals surface area contributed by atoms with Crippen molar-refractivity contribution in [2.24, 2.45) is 41.4 Å². The molecule has 7 aliphatic carbocycles. The molecule has 2 nitrogen and oxygen atoms in total. The molecule has 8 aliphatic rings. The normalized spacial score (nSPS) is 36.8. The molecule has 2 N–H and O–H groups in total. The van der Waals surface area contributed by atoms with Gasteiger partial charge >= 0.3 is 0 Å². The van der Waals surface area contributed by atoms with Crippen molar-refractivity contribution in [1.29, 1.82) is 0 Å². The van der Waals surface area contributed by atoms with Gasteiger partial charge in [0, 0.05) is 12.6 Å². The first-order chi connectivity index (χ1) is 24.7. The summed E-state index contributed by atoms with van der Waals surface area (Å²) in [6.07, 6.45) is 51.7. The van der Waals surface area contributed by atoms with Crippen molar-refractivity contribution in [2.45, 2.75) is 129 Å². The standard InChI is InChI=1S/C48H66N2/c1-34(35-20-22-39(23-21-35)41-26-27-49-32-41)46-18-10-11-19-47(46)48(33-50-45-25-24-38-16-8-9-17-40(38)31-45)44-29-42(36-12-4-2-5-13-36)28-43(30-44)37-14-6-3-7-15-37/h2,4,8,10,16,18,20,24-25,28-29,36-41,43,45,49-50H,3,5-7,9,11-15,17,19,21-23,26-27,30-33H2,1H3/b46-34+,48-47+. The molecule has 8 rings (SSSR count). The summed E-state index contributed by atoms with van der Waals surface area (Å²) in [5, 5.41) is 7.84. The summed E-state index contributed by atoms with van der Waals surface area (Å²) in [6, 6.07) is 0.478. The van der Waals surface area contributed by atoms with Gasteiger partial charge in [-0.3, -0.25) is 0 Å². The van der Waals surface area contributed by atoms with Gasteiger partial charge in [0.05, 0.1) is 0 Å². The lowest BCUT2D eigenvalue weighted by molar-refractivity contribution is 0.281. The van der Waals surface area contributed by atoms with Gasteiger partial charge in [-0.25, -0.2) is 0 Å². The average molecular weight is 671 g/mol. The Morgan fingerprint density at radius 3 is 2.52 bits per heavy atom. The maximum atomic E-state index is 4.21. The Hall–Kier alpha value is -2.42. The fourth-order valence-electron chi connectivity index (χ4n) is 11.4. The Labute approximate surface area is 305 Å². The Morgan fingerprint density at radius 1 is 0.780 bits per heavy atom. The van der Waals surface area contributed by atoms with Crippen molar-refractivity contribution in [3.05, 3.63) is 106 Å². The van der Waals surface area contributed by atoms with E-state index < -0.39 is 0 Å². The maximum Gasteiger partial charge on any atom is 0.0256 e. The van der Waals surface area contributed by atoms with E-state index in [9.17, 15) is 0 Å². The first-order valence-electron chi connectivity index (χ1n) is 21.4. The van der Waals surface area contributed by atoms with Crippen molar-refractivity contribution < 1.29 is 0 Å². The topological polar surface area (TPSA) is 24.1 Å². The molecular formula is C48H66N2. The highest BCUT2D eigenvalue weighted by Gasteiger charge is 2.32. The Balaban J connectivity index is 1.14. The van der Waals surface area contributed by atoms with Crippen molar-refractivity contribution >= 4 is 0 Å². The molecule has 0 radical (unpaired) electrons. The third kappa shape index (κ3) is 7.97. The Kier molecular flexibility index (Phi) is 11.4. The SMILES string of the molecule is C/C(C1=CCC(C2CCNC2)CC1)=C1/C=CCC/C1=C(/CNC1C=CC2C=CCCC2C1)C1=CC(C2CC=CCC2)=CC(C2CCCCC2)C1. The van der Waals surface area contributed by atoms with Gasteiger partial charge < -0.3 is 10.6 Å². The van der Waals surface area contributed by atoms with E-state index in [1.54, 1.807) is 39.0 Å². The summed E-state index contributed by atoms with van der Waals surface area (Å²) in [5.74, 6) is 5.46. The lowest BCUT2D eigenvalue weighted by Gasteiger charge is -2.36. The molecule has 1 heterocycles. The van der Waals surface area contributed by atoms with Gasteiger partial charge in [0.1, 0.15) is 0 Å². The number of rotatable bonds is 8. The summed E-state index contributed by atoms with van der Waals surface area (Å²) >= 11 is 0. The van der Waals surface area contributed by atoms with Crippen LogP contribution in [-0.4, -0.2) is 25.7 Å². The second-order valence-electron chi connectivity index (χ2n) is 17.5. The van der Waals surface area contributed by atoms with Crippen molar-refractivity contribution in [1.82, 2.24) is 10.6 Å². The second kappa shape index (κ2) is 16.5. The van der Waals surface area contributed by atoms with Crippen LogP contribution in [0.4, 0.5) is 0 Å². The van der Waals surface area contributed by atoms with E-state index >= 15 is 0 Å². The summed E-state index contributed by atoms with van der Waals surface area (Å²) in [7, 11) is 0. The van der Waals surface area contributed by atoms with Crippen LogP contribution in [0.2, 0.25) is 0 Å². The van der Waals surface area contributed by atoms with E-state index in [4.69, 9.17) is 0 Å². The van der Waals surface area contributed by atoms with Crippen LogP contribution in [0.25, 0.3) is 0 Å². The third-order valence-corrected chi connectivity index (χ3v) is 14.5. The first-order valence-corrected chi connectivity index (χ1v) is 21.4. The first kappa shape index (κ1) is 34.7. The molecule has 0 aromatic carbocycles. The quantitative estimate of drug-likeness (QED) is 0.251. The van der Waals surface area contributed by atoms with E-state index in [1.165, 1.54) is 129 Å². The van der Waals surface area contributed by atoms with Crippen molar-refractivity contribution in [3.63, 3.8) is 0 Å². The zero-order chi connectivity index (χ0) is 33.7. The maximum absolute atomic E-state index is 4.21. The molecule has 7 unspecified atom stereocenters. The zero-order valence-corrected chi connectivity index (χ0v) is 31.3. The Bertz CT molecular complexity index is 1490. The number of hydrogen-bond acceptors (Lipinski definition) is 2. The van der Waals surface area contributed by atoms with E-state index in [1.807, 2.05) is 0 Å². The van der Waals surface area contributed by atoms with E-state index in [-0.39, 0.29) is 0 Å². The molecule has 268 valence electrons. The van der Waals surface area contributed by atoms with Crippen LogP contribution in [0, 0.1) is 41.4 Å². The molecule has 1 saturated carbocycles. The summed E-state index contributed by atoms with van der Waals surface area (Å²) in [4.78, 5) is 0. The van der Waals surface area contributed by atoms with Gasteiger partial charge in [-0.15, -0.1) is 0 Å². The largest absolute Gasteiger partial charge is 0.316 e. The summed E-state index contributed by atoms with van der Waals surface area (Å²) < 4.78 is 0. The molecule has 1 saturated heterocycles. The number of hydrogen-bond donors (Lipinski definition) is 2. The molecule has 0 spiro atoms. The lowest BCUT2D eigenvalue weighted by atomic mass is 9.70. The molecule has 7 atom stereocenters. The van der Waals surface area contributed by atoms with Gasteiger partial charge in [0.2, 0.25) is 0 Å². The fourth-order valence-corrected chi connectivity index (χ4v) is 11.4. The lowest BCUT2D eigenvalue weighted by Crippen LogP contribution is -2.36. The number of allylic oxidation sites excluding steroid dienone is 15. The van der Waals surface area contributed by atoms with Crippen molar-refractivity contribution in [3.8, 4) is 0 Å². The second-order valence-corrected chi connectivity index (χ2v) is 17.5. The highest BCUT2D eigenvalue weighted by Crippen LogP contribution is 2.45. The van der Waals surface area contributed by atoms with Crippen molar-refractivity contribution in [2.75, 3.05) is 19.6 Å². The van der Waals surface area contributed by atoms with Gasteiger partial charge in [-0.2, -0.15) is 0 Å². The molecular weight excluding hydrogens is 605 g/mol. The molecule has 0 amide bonds. The highest BCUT2D eigenvalue weighted by atomic mass is 14.9. The minimum absolute atomic E-state index is 0.478. The van der Waals surface area contributed by atoms with E-state index in [2.05, 4.69) is 84.4 Å². The number of nitrogens with one attached hydrogen (secondary N) is 2. The van der Waals surface area contributed by atoms with Gasteiger partial charge in [-0.05, 0) is 197 Å². The molecule has 0 bridgehead atoms. The molecule has 0 aromatic heterocycles. The predicted octanol–water partition coefficient (Wildman–Crippen LogP) is 11.6. The minimum Gasteiger partial charge on any atom is -0.316 e. The Morgan fingerprint density at radius 2 is 1.70 bits per heavy atom. The minimum atomic E-state index is 0.478. The monoisotopic (exact) mass is 671 g/mol. The number of fused-ring (bicyclic) bond motifs is 1. The molecule has 50 heavy (non-hydrogen) atoms. The fraction of sp³-hybridized carbons (Fsp3) is 0.625. The van der Waals surface area contributed by atoms with Crippen LogP contribution in [0.15, 0.2) is 106 Å². The van der Waals surface area contributed by atoms with E-state index in [0.717, 1.165) is 30.2 Å². The van der Waals surface area contributed by atoms with E-state index in [0.29, 0.717) is 23.8 Å². The molecule has 0 aromatic rings.